The number of hydrogen-bond acceptors (Lipinski definition) is 2. The van der Waals surface area contributed by atoms with Crippen LogP contribution in [0.5, 0.6) is 0 Å². The molecule has 75 valence electrons. The van der Waals surface area contributed by atoms with E-state index in [4.69, 9.17) is 10.5 Å². The summed E-state index contributed by atoms with van der Waals surface area (Å²) < 4.78 is 5.58. The molecular formula is C9H18AcNO2-. The zero-order chi connectivity index (χ0) is 9.30. The summed E-state index contributed by atoms with van der Waals surface area (Å²) >= 11 is 0. The van der Waals surface area contributed by atoms with Crippen LogP contribution >= 0.6 is 0 Å². The van der Waals surface area contributed by atoms with Crippen molar-refractivity contribution >= 4 is 0 Å². The van der Waals surface area contributed by atoms with Gasteiger partial charge in [-0.15, -0.1) is 0 Å². The normalized spacial score (nSPS) is 45.5. The van der Waals surface area contributed by atoms with Crippen molar-refractivity contribution in [3.63, 3.8) is 0 Å². The number of nitrogens with one attached hydrogen (secondary N) is 1. The third-order valence-electron chi connectivity index (χ3n) is 2.79. The van der Waals surface area contributed by atoms with Gasteiger partial charge in [0, 0.05) is 62.2 Å². The van der Waals surface area contributed by atoms with Gasteiger partial charge in [-0.2, -0.15) is 0 Å². The topological polar surface area (TPSA) is 53.3 Å². The summed E-state index contributed by atoms with van der Waals surface area (Å²) in [5.41, 5.74) is 7.60. The van der Waals surface area contributed by atoms with E-state index in [0.29, 0.717) is 0 Å². The molecule has 1 saturated heterocycles. The van der Waals surface area contributed by atoms with Gasteiger partial charge >= 0.3 is 0 Å². The third kappa shape index (κ3) is 3.14. The van der Waals surface area contributed by atoms with Crippen LogP contribution in [0.4, 0.5) is 0 Å². The van der Waals surface area contributed by atoms with E-state index in [1.54, 1.807) is 0 Å². The van der Waals surface area contributed by atoms with Crippen molar-refractivity contribution in [3.05, 3.63) is 5.73 Å². The third-order valence-corrected chi connectivity index (χ3v) is 2.79. The molecule has 0 amide bonds. The molecular weight excluding hydrogens is 381 g/mol. The molecule has 1 rings (SSSR count). The fourth-order valence-electron chi connectivity index (χ4n) is 1.78. The SMILES string of the molecule is CCC1OC(C)C([NH-])C(O)C1C.[Ac]. The van der Waals surface area contributed by atoms with Crippen LogP contribution in [0.15, 0.2) is 0 Å². The Morgan fingerprint density at radius 2 is 1.92 bits per heavy atom. The monoisotopic (exact) mass is 399 g/mol. The van der Waals surface area contributed by atoms with Gasteiger partial charge in [-0.05, 0) is 13.3 Å². The van der Waals surface area contributed by atoms with Gasteiger partial charge < -0.3 is 15.6 Å². The first kappa shape index (κ1) is 14.3. The van der Waals surface area contributed by atoms with Crippen LogP contribution < -0.4 is 0 Å². The van der Waals surface area contributed by atoms with Crippen LogP contribution in [-0.2, 0) is 4.74 Å². The van der Waals surface area contributed by atoms with Gasteiger partial charge in [-0.3, -0.25) is 0 Å². The molecule has 1 fully saturated rings. The maximum absolute atomic E-state index is 9.65. The molecule has 0 aromatic carbocycles. The molecule has 1 heterocycles. The molecule has 1 aliphatic heterocycles. The zero-order valence-corrected chi connectivity index (χ0v) is 13.3. The second-order valence-electron chi connectivity index (χ2n) is 3.66. The van der Waals surface area contributed by atoms with E-state index in [0.717, 1.165) is 6.42 Å². The molecule has 1 radical (unpaired) electrons. The molecule has 13 heavy (non-hydrogen) atoms. The number of ether oxygens (including phenoxy) is 1. The second-order valence-corrected chi connectivity index (χ2v) is 3.66. The Kier molecular flexibility index (Phi) is 6.64. The first-order chi connectivity index (χ1) is 5.57. The van der Waals surface area contributed by atoms with Crippen LogP contribution in [0, 0.1) is 50.0 Å². The molecule has 3 nitrogen and oxygen atoms in total. The van der Waals surface area contributed by atoms with Crippen LogP contribution in [0.3, 0.4) is 0 Å². The van der Waals surface area contributed by atoms with E-state index in [1.807, 2.05) is 20.8 Å². The Bertz CT molecular complexity index is 152. The molecule has 0 saturated carbocycles. The van der Waals surface area contributed by atoms with Crippen molar-refractivity contribution in [2.45, 2.75) is 51.5 Å². The summed E-state index contributed by atoms with van der Waals surface area (Å²) in [6.45, 7) is 5.85. The van der Waals surface area contributed by atoms with Gasteiger partial charge in [-0.25, -0.2) is 0 Å². The average Bonchev–Trinajstić information content (AvgIpc) is 2.08. The van der Waals surface area contributed by atoms with Gasteiger partial charge in [0.1, 0.15) is 0 Å². The summed E-state index contributed by atoms with van der Waals surface area (Å²) in [7, 11) is 0. The van der Waals surface area contributed by atoms with Crippen molar-refractivity contribution < 1.29 is 53.9 Å². The predicted octanol–water partition coefficient (Wildman–Crippen LogP) is 1.60. The van der Waals surface area contributed by atoms with Crippen molar-refractivity contribution in [1.29, 1.82) is 0 Å². The van der Waals surface area contributed by atoms with Crippen molar-refractivity contribution in [2.24, 2.45) is 5.92 Å². The summed E-state index contributed by atoms with van der Waals surface area (Å²) in [4.78, 5) is 0. The fraction of sp³-hybridized carbons (Fsp3) is 1.00. The molecule has 0 bridgehead atoms. The Morgan fingerprint density at radius 3 is 2.38 bits per heavy atom. The standard InChI is InChI=1S/C9H18NO2.Ac/c1-4-7-5(2)9(11)8(10)6(3)12-7;/h5-11H,4H2,1-3H3;/q-1;. The minimum Gasteiger partial charge on any atom is -0.670 e. The van der Waals surface area contributed by atoms with Gasteiger partial charge in [0.15, 0.2) is 0 Å². The van der Waals surface area contributed by atoms with E-state index >= 15 is 0 Å². The molecule has 0 aliphatic carbocycles. The van der Waals surface area contributed by atoms with E-state index < -0.39 is 12.1 Å². The Morgan fingerprint density at radius 1 is 1.38 bits per heavy atom. The maximum atomic E-state index is 9.65. The average molecular weight is 399 g/mol. The zero-order valence-electron chi connectivity index (χ0n) is 8.53. The van der Waals surface area contributed by atoms with E-state index in [-0.39, 0.29) is 62.2 Å². The molecule has 5 atom stereocenters. The van der Waals surface area contributed by atoms with Gasteiger partial charge in [-0.1, -0.05) is 19.9 Å². The van der Waals surface area contributed by atoms with E-state index in [9.17, 15) is 5.11 Å². The Balaban J connectivity index is 0.00000144. The molecule has 2 N–H and O–H groups in total. The minimum absolute atomic E-state index is 0. The smallest absolute Gasteiger partial charge is 0.0625 e. The second kappa shape index (κ2) is 6.03. The largest absolute Gasteiger partial charge is 0.670 e. The first-order valence-corrected chi connectivity index (χ1v) is 4.62. The Labute approximate surface area is 116 Å². The van der Waals surface area contributed by atoms with E-state index in [2.05, 4.69) is 0 Å². The molecule has 0 spiro atoms. The quantitative estimate of drug-likeness (QED) is 0.729. The molecule has 0 aromatic heterocycles. The summed E-state index contributed by atoms with van der Waals surface area (Å²) in [6, 6.07) is -0.484. The summed E-state index contributed by atoms with van der Waals surface area (Å²) in [5.74, 6) is 0.0914. The number of hydrogen-bond donors (Lipinski definition) is 1. The predicted molar refractivity (Wildman–Crippen MR) is 47.9 cm³/mol. The molecule has 4 heteroatoms. The summed E-state index contributed by atoms with van der Waals surface area (Å²) in [5, 5.41) is 9.65. The van der Waals surface area contributed by atoms with Gasteiger partial charge in [0.2, 0.25) is 0 Å². The fourth-order valence-corrected chi connectivity index (χ4v) is 1.78. The van der Waals surface area contributed by atoms with Crippen LogP contribution in [0.25, 0.3) is 5.73 Å². The van der Waals surface area contributed by atoms with Crippen molar-refractivity contribution in [3.8, 4) is 0 Å². The van der Waals surface area contributed by atoms with E-state index in [1.165, 1.54) is 0 Å². The van der Waals surface area contributed by atoms with Gasteiger partial charge in [0.05, 0.1) is 6.10 Å². The van der Waals surface area contributed by atoms with Crippen LogP contribution in [0.1, 0.15) is 27.2 Å². The minimum atomic E-state index is -0.529. The number of aliphatic hydroxyl groups is 1. The first-order valence-electron chi connectivity index (χ1n) is 4.62. The van der Waals surface area contributed by atoms with Crippen LogP contribution in [-0.4, -0.2) is 29.5 Å². The number of aliphatic hydroxyl groups excluding tert-OH is 1. The van der Waals surface area contributed by atoms with Crippen molar-refractivity contribution in [2.75, 3.05) is 0 Å². The van der Waals surface area contributed by atoms with Gasteiger partial charge in [0.25, 0.3) is 0 Å². The maximum Gasteiger partial charge on any atom is 0.0625 e. The van der Waals surface area contributed by atoms with Crippen molar-refractivity contribution in [1.82, 2.24) is 0 Å². The number of rotatable bonds is 1. The molecule has 0 aromatic rings. The molecule has 1 aliphatic rings. The molecule has 5 unspecified atom stereocenters. The van der Waals surface area contributed by atoms with Crippen LogP contribution in [0.2, 0.25) is 0 Å². The summed E-state index contributed by atoms with van der Waals surface area (Å²) in [6.07, 6.45) is 0.367. The Hall–Kier alpha value is 1.32.